The van der Waals surface area contributed by atoms with Crippen molar-refractivity contribution in [2.75, 3.05) is 6.54 Å². The summed E-state index contributed by atoms with van der Waals surface area (Å²) in [6.07, 6.45) is 0.715. The van der Waals surface area contributed by atoms with Crippen molar-refractivity contribution in [1.82, 2.24) is 14.3 Å². The summed E-state index contributed by atoms with van der Waals surface area (Å²) >= 11 is 5.94. The number of aromatic nitrogens is 2. The molecule has 3 aromatic rings. The molecule has 0 radical (unpaired) electrons. The Morgan fingerprint density at radius 1 is 1.00 bits per heavy atom. The van der Waals surface area contributed by atoms with Crippen molar-refractivity contribution in [3.63, 3.8) is 0 Å². The van der Waals surface area contributed by atoms with Gasteiger partial charge in [-0.15, -0.1) is 0 Å². The first-order chi connectivity index (χ1) is 13.4. The van der Waals surface area contributed by atoms with Crippen molar-refractivity contribution >= 4 is 11.6 Å². The first-order valence-corrected chi connectivity index (χ1v) is 9.48. The smallest absolute Gasteiger partial charge is 0.271 e. The predicted octanol–water partition coefficient (Wildman–Crippen LogP) is 3.73. The molecule has 28 heavy (non-hydrogen) atoms. The van der Waals surface area contributed by atoms with Crippen LogP contribution in [-0.2, 0) is 33.1 Å². The molecule has 4 nitrogen and oxygen atoms in total. The highest BCUT2D eigenvalue weighted by Crippen LogP contribution is 2.20. The molecule has 0 saturated heterocycles. The summed E-state index contributed by atoms with van der Waals surface area (Å²) < 4.78 is 30.5. The number of rotatable bonds is 4. The molecule has 0 aliphatic carbocycles. The number of nitrogens with zero attached hydrogens (tertiary/aromatic N) is 3. The number of hydrogen-bond acceptors (Lipinski definition) is 2. The minimum atomic E-state index is -0.585. The molecule has 2 heterocycles. The lowest BCUT2D eigenvalue weighted by atomic mass is 10.1. The summed E-state index contributed by atoms with van der Waals surface area (Å²) in [4.78, 5) is 15.0. The molecule has 0 fully saturated rings. The summed E-state index contributed by atoms with van der Waals surface area (Å²) in [7, 11) is 1.90. The van der Waals surface area contributed by atoms with E-state index in [-0.39, 0.29) is 5.56 Å². The van der Waals surface area contributed by atoms with Gasteiger partial charge in [-0.05, 0) is 35.4 Å². The largest absolute Gasteiger partial charge is 0.294 e. The van der Waals surface area contributed by atoms with Crippen LogP contribution < -0.4 is 5.56 Å². The zero-order valence-electron chi connectivity index (χ0n) is 15.5. The van der Waals surface area contributed by atoms with E-state index in [1.165, 1.54) is 12.1 Å². The van der Waals surface area contributed by atoms with Gasteiger partial charge in [0.15, 0.2) is 0 Å². The van der Waals surface area contributed by atoms with Crippen molar-refractivity contribution in [2.24, 2.45) is 7.05 Å². The second kappa shape index (κ2) is 7.53. The van der Waals surface area contributed by atoms with Crippen LogP contribution in [0, 0.1) is 11.6 Å². The Hall–Kier alpha value is -2.44. The molecule has 0 amide bonds. The van der Waals surface area contributed by atoms with Gasteiger partial charge in [0, 0.05) is 49.9 Å². The molecule has 7 heteroatoms. The Bertz CT molecular complexity index is 1050. The monoisotopic (exact) mass is 403 g/mol. The maximum Gasteiger partial charge on any atom is 0.271 e. The number of hydrogen-bond donors (Lipinski definition) is 0. The summed E-state index contributed by atoms with van der Waals surface area (Å²) in [6.45, 7) is 2.06. The van der Waals surface area contributed by atoms with E-state index in [0.29, 0.717) is 36.6 Å². The van der Waals surface area contributed by atoms with Crippen LogP contribution in [0.5, 0.6) is 0 Å². The summed E-state index contributed by atoms with van der Waals surface area (Å²) in [5.74, 6) is -1.17. The minimum Gasteiger partial charge on any atom is -0.294 e. The van der Waals surface area contributed by atoms with Crippen LogP contribution >= 0.6 is 11.6 Å². The Kier molecular flexibility index (Phi) is 5.08. The fourth-order valence-electron chi connectivity index (χ4n) is 3.83. The quantitative estimate of drug-likeness (QED) is 0.664. The number of benzene rings is 2. The van der Waals surface area contributed by atoms with Crippen LogP contribution in [0.2, 0.25) is 5.02 Å². The average molecular weight is 404 g/mol. The van der Waals surface area contributed by atoms with Gasteiger partial charge < -0.3 is 0 Å². The molecular weight excluding hydrogens is 384 g/mol. The standard InChI is InChI=1S/C21H20ClF2N3O/c1-25-20-6-7-26(11-15-8-17(23)10-18(24)9-15)13-19(20)21(28)27(25)12-14-2-4-16(22)5-3-14/h2-5,8-10H,6-7,11-13H2,1H3. The lowest BCUT2D eigenvalue weighted by Crippen LogP contribution is -2.32. The van der Waals surface area contributed by atoms with Crippen LogP contribution in [-0.4, -0.2) is 20.8 Å². The maximum absolute atomic E-state index is 13.5. The van der Waals surface area contributed by atoms with Crippen molar-refractivity contribution in [2.45, 2.75) is 26.1 Å². The second-order valence-electron chi connectivity index (χ2n) is 7.18. The first kappa shape index (κ1) is 18.9. The predicted molar refractivity (Wildman–Crippen MR) is 104 cm³/mol. The Morgan fingerprint density at radius 3 is 2.36 bits per heavy atom. The van der Waals surface area contributed by atoms with Gasteiger partial charge in [0.05, 0.1) is 12.1 Å². The van der Waals surface area contributed by atoms with Crippen LogP contribution in [0.4, 0.5) is 8.78 Å². The normalized spacial score (nSPS) is 14.3. The SMILES string of the molecule is Cn1c2c(c(=O)n1Cc1ccc(Cl)cc1)CN(Cc1cc(F)cc(F)c1)CC2. The molecule has 0 spiro atoms. The lowest BCUT2D eigenvalue weighted by Gasteiger charge is -2.26. The van der Waals surface area contributed by atoms with E-state index in [1.807, 2.05) is 40.9 Å². The fourth-order valence-corrected chi connectivity index (χ4v) is 3.96. The molecule has 0 unspecified atom stereocenters. The van der Waals surface area contributed by atoms with Crippen LogP contribution in [0.3, 0.4) is 0 Å². The number of halogens is 3. The van der Waals surface area contributed by atoms with E-state index >= 15 is 0 Å². The molecule has 4 rings (SSSR count). The molecule has 1 aliphatic heterocycles. The van der Waals surface area contributed by atoms with Gasteiger partial charge in [-0.25, -0.2) is 13.5 Å². The Morgan fingerprint density at radius 2 is 1.68 bits per heavy atom. The molecule has 146 valence electrons. The van der Waals surface area contributed by atoms with E-state index < -0.39 is 11.6 Å². The Labute approximate surface area is 166 Å². The second-order valence-corrected chi connectivity index (χ2v) is 7.61. The zero-order chi connectivity index (χ0) is 19.8. The van der Waals surface area contributed by atoms with Crippen molar-refractivity contribution < 1.29 is 8.78 Å². The summed E-state index contributed by atoms with van der Waals surface area (Å²) in [5, 5.41) is 0.659. The molecule has 1 aromatic heterocycles. The van der Waals surface area contributed by atoms with E-state index in [9.17, 15) is 13.6 Å². The van der Waals surface area contributed by atoms with Crippen LogP contribution in [0.1, 0.15) is 22.4 Å². The van der Waals surface area contributed by atoms with Crippen LogP contribution in [0.25, 0.3) is 0 Å². The van der Waals surface area contributed by atoms with E-state index in [4.69, 9.17) is 11.6 Å². The van der Waals surface area contributed by atoms with Gasteiger partial charge in [0.25, 0.3) is 5.56 Å². The third kappa shape index (κ3) is 3.75. The summed E-state index contributed by atoms with van der Waals surface area (Å²) in [5.41, 5.74) is 3.30. The molecule has 0 N–H and O–H groups in total. The van der Waals surface area contributed by atoms with Gasteiger partial charge in [-0.3, -0.25) is 14.4 Å². The lowest BCUT2D eigenvalue weighted by molar-refractivity contribution is 0.241. The third-order valence-electron chi connectivity index (χ3n) is 5.21. The minimum absolute atomic E-state index is 0.0254. The fraction of sp³-hybridized carbons (Fsp3) is 0.286. The van der Waals surface area contributed by atoms with E-state index in [2.05, 4.69) is 0 Å². The highest BCUT2D eigenvalue weighted by atomic mass is 35.5. The highest BCUT2D eigenvalue weighted by molar-refractivity contribution is 6.30. The van der Waals surface area contributed by atoms with Crippen molar-refractivity contribution in [1.29, 1.82) is 0 Å². The third-order valence-corrected chi connectivity index (χ3v) is 5.47. The average Bonchev–Trinajstić information content (AvgIpc) is 2.87. The van der Waals surface area contributed by atoms with E-state index in [1.54, 1.807) is 4.68 Å². The molecular formula is C21H20ClF2N3O. The van der Waals surface area contributed by atoms with Gasteiger partial charge in [-0.1, -0.05) is 23.7 Å². The van der Waals surface area contributed by atoms with Crippen LogP contribution in [0.15, 0.2) is 47.3 Å². The maximum atomic E-state index is 13.5. The molecule has 0 bridgehead atoms. The first-order valence-electron chi connectivity index (χ1n) is 9.10. The van der Waals surface area contributed by atoms with E-state index in [0.717, 1.165) is 29.4 Å². The zero-order valence-corrected chi connectivity index (χ0v) is 16.2. The molecule has 0 atom stereocenters. The molecule has 1 aliphatic rings. The summed E-state index contributed by atoms with van der Waals surface area (Å²) in [6, 6.07) is 11.0. The Balaban J connectivity index is 1.57. The van der Waals surface area contributed by atoms with Crippen molar-refractivity contribution in [3.8, 4) is 0 Å². The van der Waals surface area contributed by atoms with Gasteiger partial charge in [-0.2, -0.15) is 0 Å². The molecule has 0 saturated carbocycles. The van der Waals surface area contributed by atoms with Gasteiger partial charge >= 0.3 is 0 Å². The highest BCUT2D eigenvalue weighted by Gasteiger charge is 2.25. The topological polar surface area (TPSA) is 30.2 Å². The van der Waals surface area contributed by atoms with Gasteiger partial charge in [0.2, 0.25) is 0 Å². The van der Waals surface area contributed by atoms with Gasteiger partial charge in [0.1, 0.15) is 11.6 Å². The number of fused-ring (bicyclic) bond motifs is 1. The molecule has 2 aromatic carbocycles. The van der Waals surface area contributed by atoms with Crippen molar-refractivity contribution in [3.05, 3.63) is 91.9 Å².